The Balaban J connectivity index is 0.00000441. The van der Waals surface area contributed by atoms with Crippen molar-refractivity contribution in [2.24, 2.45) is 4.99 Å². The lowest BCUT2D eigenvalue weighted by atomic mass is 10.2. The highest BCUT2D eigenvalue weighted by Crippen LogP contribution is 2.22. The Hall–Kier alpha value is -1.28. The van der Waals surface area contributed by atoms with Crippen LogP contribution in [0.15, 0.2) is 35.8 Å². The standard InChI is InChI=1S/C15H21ClN4O.HI/c1-4-9-18-15(17-3)19-10-8-14(21)20-13-7-5-6-12(16)11(13)2;/h4-7H,1,8-10H2,2-3H3,(H,20,21)(H2,17,18,19);1H. The molecule has 0 aliphatic rings. The summed E-state index contributed by atoms with van der Waals surface area (Å²) in [4.78, 5) is 15.9. The van der Waals surface area contributed by atoms with E-state index in [4.69, 9.17) is 11.6 Å². The molecule has 122 valence electrons. The second-order valence-corrected chi connectivity index (χ2v) is 4.79. The molecule has 0 aliphatic carbocycles. The van der Waals surface area contributed by atoms with Gasteiger partial charge >= 0.3 is 0 Å². The van der Waals surface area contributed by atoms with E-state index >= 15 is 0 Å². The van der Waals surface area contributed by atoms with Gasteiger partial charge in [-0.05, 0) is 24.6 Å². The highest BCUT2D eigenvalue weighted by Gasteiger charge is 2.06. The average molecular weight is 437 g/mol. The third-order valence-electron chi connectivity index (χ3n) is 2.82. The lowest BCUT2D eigenvalue weighted by Crippen LogP contribution is -2.38. The second-order valence-electron chi connectivity index (χ2n) is 4.38. The first kappa shape index (κ1) is 20.7. The maximum atomic E-state index is 11.9. The molecule has 0 radical (unpaired) electrons. The van der Waals surface area contributed by atoms with Crippen molar-refractivity contribution in [2.75, 3.05) is 25.5 Å². The lowest BCUT2D eigenvalue weighted by molar-refractivity contribution is -0.116. The number of anilines is 1. The van der Waals surface area contributed by atoms with Gasteiger partial charge in [-0.1, -0.05) is 23.7 Å². The molecular formula is C15H22ClIN4O. The topological polar surface area (TPSA) is 65.5 Å². The second kappa shape index (κ2) is 11.3. The van der Waals surface area contributed by atoms with E-state index in [1.165, 1.54) is 0 Å². The van der Waals surface area contributed by atoms with Crippen molar-refractivity contribution < 1.29 is 4.79 Å². The Kier molecular flexibility index (Phi) is 10.7. The number of nitrogens with one attached hydrogen (secondary N) is 3. The maximum Gasteiger partial charge on any atom is 0.226 e. The molecule has 1 amide bonds. The first-order chi connectivity index (χ1) is 10.1. The predicted molar refractivity (Wildman–Crippen MR) is 104 cm³/mol. The smallest absolute Gasteiger partial charge is 0.226 e. The number of amides is 1. The van der Waals surface area contributed by atoms with E-state index in [-0.39, 0.29) is 29.9 Å². The molecule has 1 rings (SSSR count). The Labute approximate surface area is 153 Å². The first-order valence-electron chi connectivity index (χ1n) is 6.69. The number of carbonyl (C=O) groups is 1. The third kappa shape index (κ3) is 7.13. The zero-order valence-electron chi connectivity index (χ0n) is 12.8. The summed E-state index contributed by atoms with van der Waals surface area (Å²) in [6.07, 6.45) is 2.07. The predicted octanol–water partition coefficient (Wildman–Crippen LogP) is 2.95. The van der Waals surface area contributed by atoms with Crippen molar-refractivity contribution in [1.82, 2.24) is 10.6 Å². The molecule has 1 aromatic rings. The molecule has 0 aliphatic heterocycles. The zero-order chi connectivity index (χ0) is 15.7. The van der Waals surface area contributed by atoms with Crippen LogP contribution in [0.5, 0.6) is 0 Å². The van der Waals surface area contributed by atoms with Gasteiger partial charge in [0.1, 0.15) is 0 Å². The number of hydrogen-bond donors (Lipinski definition) is 3. The van der Waals surface area contributed by atoms with Crippen molar-refractivity contribution in [3.63, 3.8) is 0 Å². The van der Waals surface area contributed by atoms with Gasteiger partial charge in [0.2, 0.25) is 5.91 Å². The van der Waals surface area contributed by atoms with Crippen molar-refractivity contribution in [3.8, 4) is 0 Å². The van der Waals surface area contributed by atoms with Crippen LogP contribution in [-0.2, 0) is 4.79 Å². The fourth-order valence-corrected chi connectivity index (χ4v) is 1.81. The van der Waals surface area contributed by atoms with Gasteiger partial charge in [0, 0.05) is 37.3 Å². The Bertz CT molecular complexity index is 534. The quantitative estimate of drug-likeness (QED) is 0.278. The Morgan fingerprint density at radius 3 is 2.77 bits per heavy atom. The molecule has 0 aromatic heterocycles. The van der Waals surface area contributed by atoms with Crippen molar-refractivity contribution in [1.29, 1.82) is 0 Å². The van der Waals surface area contributed by atoms with Crippen LogP contribution in [0.2, 0.25) is 5.02 Å². The van der Waals surface area contributed by atoms with Gasteiger partial charge in [0.25, 0.3) is 0 Å². The molecule has 0 saturated heterocycles. The summed E-state index contributed by atoms with van der Waals surface area (Å²) in [6.45, 7) is 6.60. The molecule has 0 bridgehead atoms. The minimum atomic E-state index is -0.0768. The molecule has 1 aromatic carbocycles. The number of rotatable bonds is 6. The van der Waals surface area contributed by atoms with Gasteiger partial charge in [0.15, 0.2) is 5.96 Å². The summed E-state index contributed by atoms with van der Waals surface area (Å²) in [7, 11) is 1.67. The molecule has 0 spiro atoms. The third-order valence-corrected chi connectivity index (χ3v) is 3.23. The summed E-state index contributed by atoms with van der Waals surface area (Å²) in [5.41, 5.74) is 1.60. The van der Waals surface area contributed by atoms with Crippen molar-refractivity contribution in [2.45, 2.75) is 13.3 Å². The molecule has 0 saturated carbocycles. The van der Waals surface area contributed by atoms with E-state index in [0.717, 1.165) is 11.3 Å². The van der Waals surface area contributed by atoms with Crippen LogP contribution in [0.3, 0.4) is 0 Å². The summed E-state index contributed by atoms with van der Waals surface area (Å²) < 4.78 is 0. The van der Waals surface area contributed by atoms with E-state index in [1.807, 2.05) is 19.1 Å². The molecule has 0 atom stereocenters. The fraction of sp³-hybridized carbons (Fsp3) is 0.333. The average Bonchev–Trinajstić information content (AvgIpc) is 2.47. The Morgan fingerprint density at radius 1 is 1.41 bits per heavy atom. The molecular weight excluding hydrogens is 415 g/mol. The van der Waals surface area contributed by atoms with Crippen molar-refractivity contribution in [3.05, 3.63) is 41.4 Å². The van der Waals surface area contributed by atoms with Crippen LogP contribution in [0, 0.1) is 6.92 Å². The molecule has 7 heteroatoms. The minimum absolute atomic E-state index is 0. The molecule has 0 heterocycles. The van der Waals surface area contributed by atoms with Gasteiger partial charge in [-0.25, -0.2) is 0 Å². The number of carbonyl (C=O) groups excluding carboxylic acids is 1. The number of hydrogen-bond acceptors (Lipinski definition) is 2. The number of halogens is 2. The summed E-state index contributed by atoms with van der Waals surface area (Å²) >= 11 is 6.01. The maximum absolute atomic E-state index is 11.9. The van der Waals surface area contributed by atoms with Crippen LogP contribution < -0.4 is 16.0 Å². The lowest BCUT2D eigenvalue weighted by Gasteiger charge is -2.11. The van der Waals surface area contributed by atoms with Crippen LogP contribution in [0.1, 0.15) is 12.0 Å². The van der Waals surface area contributed by atoms with Gasteiger partial charge in [-0.15, -0.1) is 30.6 Å². The highest BCUT2D eigenvalue weighted by molar-refractivity contribution is 14.0. The van der Waals surface area contributed by atoms with E-state index in [2.05, 4.69) is 27.5 Å². The van der Waals surface area contributed by atoms with Gasteiger partial charge in [-0.2, -0.15) is 0 Å². The van der Waals surface area contributed by atoms with Gasteiger partial charge in [0.05, 0.1) is 0 Å². The fourth-order valence-electron chi connectivity index (χ4n) is 1.64. The van der Waals surface area contributed by atoms with E-state index < -0.39 is 0 Å². The zero-order valence-corrected chi connectivity index (χ0v) is 15.9. The van der Waals surface area contributed by atoms with Crippen molar-refractivity contribution >= 4 is 53.1 Å². The minimum Gasteiger partial charge on any atom is -0.356 e. The SMILES string of the molecule is C=CCNC(=NC)NCCC(=O)Nc1cccc(Cl)c1C.I. The largest absolute Gasteiger partial charge is 0.356 e. The van der Waals surface area contributed by atoms with E-state index in [0.29, 0.717) is 30.5 Å². The monoisotopic (exact) mass is 436 g/mol. The summed E-state index contributed by atoms with van der Waals surface area (Å²) in [6, 6.07) is 5.44. The molecule has 5 nitrogen and oxygen atoms in total. The van der Waals surface area contributed by atoms with Crippen LogP contribution >= 0.6 is 35.6 Å². The van der Waals surface area contributed by atoms with Gasteiger partial charge < -0.3 is 16.0 Å². The first-order valence-corrected chi connectivity index (χ1v) is 7.06. The summed E-state index contributed by atoms with van der Waals surface area (Å²) in [5, 5.41) is 9.57. The molecule has 0 fully saturated rings. The number of benzene rings is 1. The molecule has 22 heavy (non-hydrogen) atoms. The van der Waals surface area contributed by atoms with Crippen LogP contribution in [-0.4, -0.2) is 32.0 Å². The van der Waals surface area contributed by atoms with Gasteiger partial charge in [-0.3, -0.25) is 9.79 Å². The highest BCUT2D eigenvalue weighted by atomic mass is 127. The normalized spacial score (nSPS) is 10.4. The molecule has 3 N–H and O–H groups in total. The number of nitrogens with zero attached hydrogens (tertiary/aromatic N) is 1. The number of guanidine groups is 1. The van der Waals surface area contributed by atoms with E-state index in [1.54, 1.807) is 19.2 Å². The summed E-state index contributed by atoms with van der Waals surface area (Å²) in [5.74, 6) is 0.564. The van der Waals surface area contributed by atoms with E-state index in [9.17, 15) is 4.79 Å². The molecule has 0 unspecified atom stereocenters. The van der Waals surface area contributed by atoms with Crippen LogP contribution in [0.25, 0.3) is 0 Å². The Morgan fingerprint density at radius 2 is 2.14 bits per heavy atom. The number of aliphatic imine (C=N–C) groups is 1. The van der Waals surface area contributed by atoms with Crippen LogP contribution in [0.4, 0.5) is 5.69 Å².